The molecule has 2 N–H and O–H groups in total. The molecule has 1 unspecified atom stereocenters. The number of fused-ring (bicyclic) bond motifs is 1. The number of H-pyrrole nitrogens is 1. The fourth-order valence-corrected chi connectivity index (χ4v) is 2.46. The van der Waals surface area contributed by atoms with Gasteiger partial charge in [0.25, 0.3) is 5.91 Å². The molecule has 2 aromatic carbocycles. The molecule has 0 saturated carbocycles. The minimum atomic E-state index is -0.694. The predicted octanol–water partition coefficient (Wildman–Crippen LogP) is 2.90. The number of aromatic amines is 1. The third-order valence-corrected chi connectivity index (χ3v) is 3.59. The summed E-state index contributed by atoms with van der Waals surface area (Å²) in [6.07, 6.45) is 0.996. The van der Waals surface area contributed by atoms with Crippen LogP contribution in [0.15, 0.2) is 48.7 Å². The van der Waals surface area contributed by atoms with Crippen LogP contribution in [-0.4, -0.2) is 30.3 Å². The van der Waals surface area contributed by atoms with Crippen molar-refractivity contribution in [3.05, 3.63) is 54.2 Å². The van der Waals surface area contributed by atoms with Gasteiger partial charge in [-0.3, -0.25) is 9.89 Å². The first-order chi connectivity index (χ1) is 11.2. The quantitative estimate of drug-likeness (QED) is 0.759. The zero-order valence-electron chi connectivity index (χ0n) is 12.9. The first-order valence-corrected chi connectivity index (χ1v) is 7.12. The van der Waals surface area contributed by atoms with E-state index in [9.17, 15) is 4.79 Å². The first-order valence-electron chi connectivity index (χ1n) is 7.12. The van der Waals surface area contributed by atoms with Gasteiger partial charge in [0.05, 0.1) is 24.5 Å². The maximum absolute atomic E-state index is 12.6. The normalized spacial score (nSPS) is 12.1. The van der Waals surface area contributed by atoms with Crippen molar-refractivity contribution in [3.63, 3.8) is 0 Å². The number of nitrogens with zero attached hydrogens (tertiary/aromatic N) is 1. The number of hydrogen-bond donors (Lipinski definition) is 2. The van der Waals surface area contributed by atoms with E-state index < -0.39 is 6.10 Å². The number of carbonyl (C=O) groups is 1. The Balaban J connectivity index is 1.89. The van der Waals surface area contributed by atoms with Gasteiger partial charge in [-0.1, -0.05) is 30.3 Å². The molecule has 0 aliphatic rings. The van der Waals surface area contributed by atoms with Crippen molar-refractivity contribution in [3.8, 4) is 5.75 Å². The Morgan fingerprint density at radius 2 is 2.00 bits per heavy atom. The third kappa shape index (κ3) is 3.02. The van der Waals surface area contributed by atoms with Crippen molar-refractivity contribution in [2.24, 2.45) is 0 Å². The van der Waals surface area contributed by atoms with Gasteiger partial charge < -0.3 is 14.8 Å². The summed E-state index contributed by atoms with van der Waals surface area (Å²) in [6.45, 7) is 0. The lowest BCUT2D eigenvalue weighted by atomic mass is 10.1. The molecule has 6 nitrogen and oxygen atoms in total. The van der Waals surface area contributed by atoms with Gasteiger partial charge in [0.15, 0.2) is 6.10 Å². The van der Waals surface area contributed by atoms with Gasteiger partial charge in [-0.2, -0.15) is 5.10 Å². The standard InChI is InChI=1S/C17H17N3O3/c1-22-15-9-13-12(10-18-20-13)8-14(15)19-17(21)16(23-2)11-6-4-3-5-7-11/h3-10,16H,1-2H3,(H,18,20)(H,19,21). The van der Waals surface area contributed by atoms with Crippen molar-refractivity contribution >= 4 is 22.5 Å². The van der Waals surface area contributed by atoms with Crippen LogP contribution in [0.1, 0.15) is 11.7 Å². The summed E-state index contributed by atoms with van der Waals surface area (Å²) in [6, 6.07) is 12.9. The lowest BCUT2D eigenvalue weighted by Crippen LogP contribution is -2.22. The predicted molar refractivity (Wildman–Crippen MR) is 87.5 cm³/mol. The van der Waals surface area contributed by atoms with E-state index >= 15 is 0 Å². The van der Waals surface area contributed by atoms with Crippen LogP contribution in [0, 0.1) is 0 Å². The number of ether oxygens (including phenoxy) is 2. The molecule has 3 rings (SSSR count). The zero-order chi connectivity index (χ0) is 16.2. The number of carbonyl (C=O) groups excluding carboxylic acids is 1. The maximum atomic E-state index is 12.6. The highest BCUT2D eigenvalue weighted by atomic mass is 16.5. The molecule has 0 bridgehead atoms. The monoisotopic (exact) mass is 311 g/mol. The molecule has 3 aromatic rings. The van der Waals surface area contributed by atoms with Crippen LogP contribution in [0.3, 0.4) is 0 Å². The van der Waals surface area contributed by atoms with E-state index in [-0.39, 0.29) is 5.91 Å². The Bertz CT molecular complexity index is 814. The van der Waals surface area contributed by atoms with E-state index in [1.807, 2.05) is 36.4 Å². The molecule has 1 aromatic heterocycles. The Morgan fingerprint density at radius 3 is 2.70 bits per heavy atom. The van der Waals surface area contributed by atoms with Gasteiger partial charge in [-0.25, -0.2) is 0 Å². The van der Waals surface area contributed by atoms with Crippen LogP contribution >= 0.6 is 0 Å². The Morgan fingerprint density at radius 1 is 1.22 bits per heavy atom. The highest BCUT2D eigenvalue weighted by Gasteiger charge is 2.21. The lowest BCUT2D eigenvalue weighted by Gasteiger charge is -2.17. The Hall–Kier alpha value is -2.86. The molecule has 6 heteroatoms. The second kappa shape index (κ2) is 6.50. The molecule has 23 heavy (non-hydrogen) atoms. The molecule has 0 radical (unpaired) electrons. The van der Waals surface area contributed by atoms with Gasteiger partial charge in [-0.15, -0.1) is 0 Å². The molecular weight excluding hydrogens is 294 g/mol. The fourth-order valence-electron chi connectivity index (χ4n) is 2.46. The average molecular weight is 311 g/mol. The molecule has 0 fully saturated rings. The third-order valence-electron chi connectivity index (χ3n) is 3.59. The molecule has 1 amide bonds. The SMILES string of the molecule is COc1cc2[nH]ncc2cc1NC(=O)C(OC)c1ccccc1. The van der Waals surface area contributed by atoms with Crippen molar-refractivity contribution in [2.45, 2.75) is 6.10 Å². The summed E-state index contributed by atoms with van der Waals surface area (Å²) in [7, 11) is 3.06. The highest BCUT2D eigenvalue weighted by Crippen LogP contribution is 2.30. The van der Waals surface area contributed by atoms with Crippen LogP contribution in [0.25, 0.3) is 10.9 Å². The minimum absolute atomic E-state index is 0.264. The van der Waals surface area contributed by atoms with Crippen LogP contribution in [0.4, 0.5) is 5.69 Å². The van der Waals surface area contributed by atoms with E-state index in [2.05, 4.69) is 15.5 Å². The fraction of sp³-hybridized carbons (Fsp3) is 0.176. The number of rotatable bonds is 5. The Kier molecular flexibility index (Phi) is 4.25. The molecule has 0 aliphatic heterocycles. The number of aromatic nitrogens is 2. The van der Waals surface area contributed by atoms with E-state index in [4.69, 9.17) is 9.47 Å². The number of methoxy groups -OCH3 is 2. The van der Waals surface area contributed by atoms with E-state index in [0.29, 0.717) is 11.4 Å². The maximum Gasteiger partial charge on any atom is 0.258 e. The number of nitrogens with one attached hydrogen (secondary N) is 2. The van der Waals surface area contributed by atoms with Gasteiger partial charge >= 0.3 is 0 Å². The molecule has 0 aliphatic carbocycles. The van der Waals surface area contributed by atoms with E-state index in [1.54, 1.807) is 19.4 Å². The van der Waals surface area contributed by atoms with E-state index in [1.165, 1.54) is 7.11 Å². The number of benzene rings is 2. The van der Waals surface area contributed by atoms with Gasteiger partial charge in [0, 0.05) is 18.6 Å². The number of hydrogen-bond acceptors (Lipinski definition) is 4. The lowest BCUT2D eigenvalue weighted by molar-refractivity contribution is -0.126. The molecular formula is C17H17N3O3. The number of anilines is 1. The highest BCUT2D eigenvalue weighted by molar-refractivity contribution is 5.98. The van der Waals surface area contributed by atoms with Gasteiger partial charge in [-0.05, 0) is 11.6 Å². The van der Waals surface area contributed by atoms with Crippen molar-refractivity contribution < 1.29 is 14.3 Å². The molecule has 0 saturated heterocycles. The molecule has 0 spiro atoms. The largest absolute Gasteiger partial charge is 0.494 e. The summed E-state index contributed by atoms with van der Waals surface area (Å²) in [4.78, 5) is 12.6. The summed E-state index contributed by atoms with van der Waals surface area (Å²) >= 11 is 0. The summed E-state index contributed by atoms with van der Waals surface area (Å²) in [5.74, 6) is 0.290. The second-order valence-corrected chi connectivity index (χ2v) is 5.03. The number of amides is 1. The van der Waals surface area contributed by atoms with Crippen LogP contribution in [0.5, 0.6) is 5.75 Å². The second-order valence-electron chi connectivity index (χ2n) is 5.03. The molecule has 1 atom stereocenters. The van der Waals surface area contributed by atoms with Crippen LogP contribution < -0.4 is 10.1 Å². The Labute approximate surface area is 133 Å². The zero-order valence-corrected chi connectivity index (χ0v) is 12.9. The van der Waals surface area contributed by atoms with Crippen LogP contribution in [0.2, 0.25) is 0 Å². The average Bonchev–Trinajstić information content (AvgIpc) is 3.03. The van der Waals surface area contributed by atoms with Gasteiger partial charge in [0.2, 0.25) is 0 Å². The summed E-state index contributed by atoms with van der Waals surface area (Å²) in [5.41, 5.74) is 2.20. The van der Waals surface area contributed by atoms with Crippen LogP contribution in [-0.2, 0) is 9.53 Å². The first kappa shape index (κ1) is 15.1. The van der Waals surface area contributed by atoms with Crippen molar-refractivity contribution in [2.75, 3.05) is 19.5 Å². The summed E-state index contributed by atoms with van der Waals surface area (Å²) in [5, 5.41) is 10.6. The van der Waals surface area contributed by atoms with Gasteiger partial charge in [0.1, 0.15) is 5.75 Å². The topological polar surface area (TPSA) is 76.2 Å². The minimum Gasteiger partial charge on any atom is -0.494 e. The molecule has 1 heterocycles. The van der Waals surface area contributed by atoms with Crippen molar-refractivity contribution in [1.29, 1.82) is 0 Å². The summed E-state index contributed by atoms with van der Waals surface area (Å²) < 4.78 is 10.7. The van der Waals surface area contributed by atoms with E-state index in [0.717, 1.165) is 16.5 Å². The smallest absolute Gasteiger partial charge is 0.258 e. The molecule has 118 valence electrons. The van der Waals surface area contributed by atoms with Crippen molar-refractivity contribution in [1.82, 2.24) is 10.2 Å².